The maximum absolute atomic E-state index is 11.6. The molecule has 2 N–H and O–H groups in total. The van der Waals surface area contributed by atoms with Crippen molar-refractivity contribution in [3.8, 4) is 0 Å². The van der Waals surface area contributed by atoms with E-state index in [1.165, 1.54) is 0 Å². The van der Waals surface area contributed by atoms with Gasteiger partial charge in [0.1, 0.15) is 16.5 Å². The van der Waals surface area contributed by atoms with Crippen molar-refractivity contribution >= 4 is 23.0 Å². The molecule has 0 fully saturated rings. The van der Waals surface area contributed by atoms with Crippen molar-refractivity contribution in [3.63, 3.8) is 0 Å². The van der Waals surface area contributed by atoms with Crippen molar-refractivity contribution < 1.29 is 4.79 Å². The molecule has 0 saturated carbocycles. The minimum Gasteiger partial charge on any atom is -0.321 e. The molecule has 0 aromatic carbocycles. The number of nitrogens with zero attached hydrogens (tertiary/aromatic N) is 2. The average molecular weight is 224 g/mol. The van der Waals surface area contributed by atoms with Gasteiger partial charge in [0.05, 0.1) is 6.04 Å². The molecule has 0 saturated heterocycles. The minimum absolute atomic E-state index is 0.234. The van der Waals surface area contributed by atoms with E-state index in [4.69, 9.17) is 17.3 Å². The minimum atomic E-state index is -0.590. The molecule has 2 rings (SSSR count). The third-order valence-corrected chi connectivity index (χ3v) is 2.48. The Morgan fingerprint density at radius 3 is 2.93 bits per heavy atom. The number of rotatable bonds is 2. The van der Waals surface area contributed by atoms with Gasteiger partial charge >= 0.3 is 0 Å². The first-order valence-corrected chi connectivity index (χ1v) is 4.91. The SMILES string of the molecule is CC(N)C(=O)c1nc2ccccn2c1Cl. The lowest BCUT2D eigenvalue weighted by Crippen LogP contribution is -2.27. The van der Waals surface area contributed by atoms with Crippen LogP contribution in [0, 0.1) is 0 Å². The summed E-state index contributed by atoms with van der Waals surface area (Å²) in [5.74, 6) is -0.247. The van der Waals surface area contributed by atoms with Crippen LogP contribution in [0.1, 0.15) is 17.4 Å². The zero-order valence-electron chi connectivity index (χ0n) is 8.14. The number of pyridine rings is 1. The quantitative estimate of drug-likeness (QED) is 0.786. The number of Topliss-reactive ketones (excluding diaryl/α,β-unsaturated/α-hetero) is 1. The predicted molar refractivity (Wildman–Crippen MR) is 58.2 cm³/mol. The molecule has 1 atom stereocenters. The van der Waals surface area contributed by atoms with Gasteiger partial charge < -0.3 is 5.73 Å². The zero-order valence-corrected chi connectivity index (χ0v) is 8.90. The fourth-order valence-electron chi connectivity index (χ4n) is 1.34. The van der Waals surface area contributed by atoms with Crippen LogP contribution in [0.15, 0.2) is 24.4 Å². The summed E-state index contributed by atoms with van der Waals surface area (Å²) in [7, 11) is 0. The third kappa shape index (κ3) is 1.62. The molecule has 0 aliphatic rings. The summed E-state index contributed by atoms with van der Waals surface area (Å²) in [4.78, 5) is 15.8. The van der Waals surface area contributed by atoms with Crippen molar-refractivity contribution in [1.29, 1.82) is 0 Å². The second kappa shape index (κ2) is 3.64. The third-order valence-electron chi connectivity index (χ3n) is 2.12. The molecule has 5 heteroatoms. The average Bonchev–Trinajstić information content (AvgIpc) is 2.56. The van der Waals surface area contributed by atoms with E-state index in [0.29, 0.717) is 10.8 Å². The molecule has 78 valence electrons. The summed E-state index contributed by atoms with van der Waals surface area (Å²) in [6.07, 6.45) is 1.75. The van der Waals surface area contributed by atoms with Crippen molar-refractivity contribution in [2.75, 3.05) is 0 Å². The number of fused-ring (bicyclic) bond motifs is 1. The van der Waals surface area contributed by atoms with Gasteiger partial charge in [0, 0.05) is 6.20 Å². The summed E-state index contributed by atoms with van der Waals surface area (Å²) in [5, 5.41) is 0.313. The smallest absolute Gasteiger partial charge is 0.200 e. The van der Waals surface area contributed by atoms with Gasteiger partial charge in [0.25, 0.3) is 0 Å². The normalized spacial score (nSPS) is 13.0. The number of halogens is 1. The summed E-state index contributed by atoms with van der Waals surface area (Å²) < 4.78 is 1.65. The number of hydrogen-bond donors (Lipinski definition) is 1. The van der Waals surface area contributed by atoms with E-state index >= 15 is 0 Å². The first-order valence-electron chi connectivity index (χ1n) is 4.53. The molecule has 0 amide bonds. The molecule has 2 heterocycles. The van der Waals surface area contributed by atoms with Gasteiger partial charge in [-0.15, -0.1) is 0 Å². The van der Waals surface area contributed by atoms with Crippen LogP contribution in [-0.4, -0.2) is 21.2 Å². The Morgan fingerprint density at radius 2 is 2.33 bits per heavy atom. The van der Waals surface area contributed by atoms with Crippen LogP contribution in [0.2, 0.25) is 5.15 Å². The van der Waals surface area contributed by atoms with Crippen LogP contribution < -0.4 is 5.73 Å². The second-order valence-corrected chi connectivity index (χ2v) is 3.69. The lowest BCUT2D eigenvalue weighted by molar-refractivity contribution is 0.0964. The van der Waals surface area contributed by atoms with Crippen molar-refractivity contribution in [3.05, 3.63) is 35.2 Å². The molecule has 1 unspecified atom stereocenters. The molecule has 0 aliphatic heterocycles. The highest BCUT2D eigenvalue weighted by Crippen LogP contribution is 2.18. The molecular formula is C10H10ClN3O. The lowest BCUT2D eigenvalue weighted by atomic mass is 10.2. The standard InChI is InChI=1S/C10H10ClN3O/c1-6(12)9(15)8-10(11)14-5-3-2-4-7(14)13-8/h2-6H,12H2,1H3. The van der Waals surface area contributed by atoms with Gasteiger partial charge in [-0.3, -0.25) is 9.20 Å². The molecule has 2 aromatic rings. The Bertz CT molecular complexity index is 518. The van der Waals surface area contributed by atoms with Crippen LogP contribution in [0.4, 0.5) is 0 Å². The van der Waals surface area contributed by atoms with Gasteiger partial charge in [-0.05, 0) is 19.1 Å². The van der Waals surface area contributed by atoms with Gasteiger partial charge in [-0.25, -0.2) is 4.98 Å². The molecule has 0 radical (unpaired) electrons. The Kier molecular flexibility index (Phi) is 2.46. The van der Waals surface area contributed by atoms with E-state index in [1.807, 2.05) is 12.1 Å². The number of carbonyl (C=O) groups is 1. The number of imidazole rings is 1. The highest BCUT2D eigenvalue weighted by atomic mass is 35.5. The van der Waals surface area contributed by atoms with E-state index in [1.54, 1.807) is 23.6 Å². The van der Waals surface area contributed by atoms with E-state index in [9.17, 15) is 4.79 Å². The van der Waals surface area contributed by atoms with E-state index in [2.05, 4.69) is 4.98 Å². The molecule has 4 nitrogen and oxygen atoms in total. The van der Waals surface area contributed by atoms with Crippen LogP contribution in [0.5, 0.6) is 0 Å². The molecule has 0 aliphatic carbocycles. The summed E-state index contributed by atoms with van der Waals surface area (Å²) in [5.41, 5.74) is 6.38. The largest absolute Gasteiger partial charge is 0.321 e. The monoisotopic (exact) mass is 223 g/mol. The first-order chi connectivity index (χ1) is 7.11. The van der Waals surface area contributed by atoms with Crippen LogP contribution in [-0.2, 0) is 0 Å². The lowest BCUT2D eigenvalue weighted by Gasteiger charge is -2.00. The van der Waals surface area contributed by atoms with Crippen molar-refractivity contribution in [2.24, 2.45) is 5.73 Å². The topological polar surface area (TPSA) is 60.4 Å². The summed E-state index contributed by atoms with van der Waals surface area (Å²) >= 11 is 6.02. The van der Waals surface area contributed by atoms with Crippen LogP contribution >= 0.6 is 11.6 Å². The molecule has 2 aromatic heterocycles. The van der Waals surface area contributed by atoms with E-state index < -0.39 is 6.04 Å². The first kappa shape index (κ1) is 10.1. The fourth-order valence-corrected chi connectivity index (χ4v) is 1.62. The van der Waals surface area contributed by atoms with Crippen molar-refractivity contribution in [2.45, 2.75) is 13.0 Å². The predicted octanol–water partition coefficient (Wildman–Crippen LogP) is 1.52. The van der Waals surface area contributed by atoms with Gasteiger partial charge in [0.15, 0.2) is 0 Å². The Labute approximate surface area is 91.7 Å². The molecule has 0 bridgehead atoms. The fraction of sp³-hybridized carbons (Fsp3) is 0.200. The summed E-state index contributed by atoms with van der Waals surface area (Å²) in [6, 6.07) is 4.84. The molecule has 15 heavy (non-hydrogen) atoms. The van der Waals surface area contributed by atoms with Gasteiger partial charge in [-0.2, -0.15) is 0 Å². The molecular weight excluding hydrogens is 214 g/mol. The number of hydrogen-bond acceptors (Lipinski definition) is 3. The van der Waals surface area contributed by atoms with E-state index in [-0.39, 0.29) is 11.5 Å². The van der Waals surface area contributed by atoms with Crippen LogP contribution in [0.25, 0.3) is 5.65 Å². The van der Waals surface area contributed by atoms with Crippen molar-refractivity contribution in [1.82, 2.24) is 9.38 Å². The maximum Gasteiger partial charge on any atom is 0.200 e. The Morgan fingerprint density at radius 1 is 1.60 bits per heavy atom. The maximum atomic E-state index is 11.6. The van der Waals surface area contributed by atoms with Gasteiger partial charge in [-0.1, -0.05) is 17.7 Å². The van der Waals surface area contributed by atoms with Crippen LogP contribution in [0.3, 0.4) is 0 Å². The number of ketones is 1. The zero-order chi connectivity index (χ0) is 11.0. The second-order valence-electron chi connectivity index (χ2n) is 3.33. The number of aromatic nitrogens is 2. The Balaban J connectivity index is 2.63. The van der Waals surface area contributed by atoms with E-state index in [0.717, 1.165) is 0 Å². The number of carbonyl (C=O) groups excluding carboxylic acids is 1. The highest BCUT2D eigenvalue weighted by Gasteiger charge is 2.19. The summed E-state index contributed by atoms with van der Waals surface area (Å²) in [6.45, 7) is 1.61. The highest BCUT2D eigenvalue weighted by molar-refractivity contribution is 6.33. The Hall–Kier alpha value is -1.39. The number of nitrogens with two attached hydrogens (primary N) is 1. The molecule has 0 spiro atoms. The van der Waals surface area contributed by atoms with Gasteiger partial charge in [0.2, 0.25) is 5.78 Å².